The Morgan fingerprint density at radius 2 is 1.77 bits per heavy atom. The average molecular weight is 302 g/mol. The van der Waals surface area contributed by atoms with Crippen LogP contribution in [-0.2, 0) is 9.59 Å². The zero-order valence-corrected chi connectivity index (χ0v) is 11.9. The van der Waals surface area contributed by atoms with Crippen molar-refractivity contribution in [3.63, 3.8) is 0 Å². The minimum Gasteiger partial charge on any atom is -0.484 e. The number of benzene rings is 2. The van der Waals surface area contributed by atoms with Crippen molar-refractivity contribution in [2.45, 2.75) is 6.92 Å². The normalized spacial score (nSPS) is 9.91. The number of halogens is 1. The molecule has 0 saturated heterocycles. The third kappa shape index (κ3) is 4.90. The van der Waals surface area contributed by atoms with Gasteiger partial charge >= 0.3 is 0 Å². The molecule has 114 valence electrons. The molecule has 0 saturated carbocycles. The van der Waals surface area contributed by atoms with E-state index in [0.29, 0.717) is 17.1 Å². The first kappa shape index (κ1) is 15.5. The highest BCUT2D eigenvalue weighted by atomic mass is 19.1. The van der Waals surface area contributed by atoms with Crippen LogP contribution < -0.4 is 15.4 Å². The molecule has 2 aromatic rings. The molecule has 6 heteroatoms. The van der Waals surface area contributed by atoms with Gasteiger partial charge in [-0.05, 0) is 42.5 Å². The van der Waals surface area contributed by atoms with Crippen molar-refractivity contribution in [3.8, 4) is 5.75 Å². The van der Waals surface area contributed by atoms with Crippen LogP contribution in [-0.4, -0.2) is 18.4 Å². The highest BCUT2D eigenvalue weighted by Gasteiger charge is 2.05. The fourth-order valence-electron chi connectivity index (χ4n) is 1.75. The highest BCUT2D eigenvalue weighted by molar-refractivity contribution is 5.92. The third-order valence-electron chi connectivity index (χ3n) is 2.65. The number of hydrogen-bond acceptors (Lipinski definition) is 3. The third-order valence-corrected chi connectivity index (χ3v) is 2.65. The lowest BCUT2D eigenvalue weighted by molar-refractivity contribution is -0.118. The molecule has 0 radical (unpaired) electrons. The van der Waals surface area contributed by atoms with Crippen LogP contribution >= 0.6 is 0 Å². The number of nitrogens with one attached hydrogen (secondary N) is 2. The van der Waals surface area contributed by atoms with Gasteiger partial charge in [0.1, 0.15) is 11.6 Å². The Labute approximate surface area is 127 Å². The average Bonchev–Trinajstić information content (AvgIpc) is 2.46. The van der Waals surface area contributed by atoms with Gasteiger partial charge in [-0.15, -0.1) is 0 Å². The summed E-state index contributed by atoms with van der Waals surface area (Å²) in [6, 6.07) is 12.2. The van der Waals surface area contributed by atoms with Gasteiger partial charge in [0, 0.05) is 18.3 Å². The Bertz CT molecular complexity index is 671. The van der Waals surface area contributed by atoms with E-state index in [4.69, 9.17) is 4.74 Å². The second-order valence-electron chi connectivity index (χ2n) is 4.55. The first-order valence-electron chi connectivity index (χ1n) is 6.59. The summed E-state index contributed by atoms with van der Waals surface area (Å²) >= 11 is 0. The van der Waals surface area contributed by atoms with E-state index in [1.54, 1.807) is 30.3 Å². The monoisotopic (exact) mass is 302 g/mol. The quantitative estimate of drug-likeness (QED) is 0.892. The molecule has 2 rings (SSSR count). The van der Waals surface area contributed by atoms with E-state index >= 15 is 0 Å². The molecule has 2 amide bonds. The van der Waals surface area contributed by atoms with Gasteiger partial charge in [0.15, 0.2) is 6.61 Å². The predicted octanol–water partition coefficient (Wildman–Crippen LogP) is 2.80. The van der Waals surface area contributed by atoms with E-state index in [9.17, 15) is 14.0 Å². The molecule has 0 atom stereocenters. The Hall–Kier alpha value is -2.89. The SMILES string of the molecule is CC(=O)Nc1ccc(OCC(=O)Nc2cccc(F)c2)cc1. The van der Waals surface area contributed by atoms with E-state index < -0.39 is 11.7 Å². The number of hydrogen-bond donors (Lipinski definition) is 2. The summed E-state index contributed by atoms with van der Waals surface area (Å²) < 4.78 is 18.3. The second-order valence-corrected chi connectivity index (χ2v) is 4.55. The number of carbonyl (C=O) groups is 2. The van der Waals surface area contributed by atoms with Crippen molar-refractivity contribution < 1.29 is 18.7 Å². The minimum atomic E-state index is -0.424. The van der Waals surface area contributed by atoms with Crippen LogP contribution in [0.5, 0.6) is 5.75 Å². The van der Waals surface area contributed by atoms with Gasteiger partial charge < -0.3 is 15.4 Å². The van der Waals surface area contributed by atoms with E-state index in [2.05, 4.69) is 10.6 Å². The van der Waals surface area contributed by atoms with E-state index in [0.717, 1.165) is 0 Å². The number of carbonyl (C=O) groups excluding carboxylic acids is 2. The molecule has 0 heterocycles. The molecule has 22 heavy (non-hydrogen) atoms. The molecule has 0 aromatic heterocycles. The van der Waals surface area contributed by atoms with Crippen molar-refractivity contribution in [2.75, 3.05) is 17.2 Å². The smallest absolute Gasteiger partial charge is 0.262 e. The number of anilines is 2. The van der Waals surface area contributed by atoms with E-state index in [1.807, 2.05) is 0 Å². The lowest BCUT2D eigenvalue weighted by Gasteiger charge is -2.08. The number of ether oxygens (including phenoxy) is 1. The Balaban J connectivity index is 1.84. The van der Waals surface area contributed by atoms with Gasteiger partial charge in [0.05, 0.1) is 0 Å². The first-order chi connectivity index (χ1) is 10.5. The van der Waals surface area contributed by atoms with Crippen molar-refractivity contribution >= 4 is 23.2 Å². The zero-order chi connectivity index (χ0) is 15.9. The van der Waals surface area contributed by atoms with E-state index in [-0.39, 0.29) is 12.5 Å². The maximum Gasteiger partial charge on any atom is 0.262 e. The van der Waals surface area contributed by atoms with Gasteiger partial charge in [-0.1, -0.05) is 6.07 Å². The minimum absolute atomic E-state index is 0.164. The molecule has 0 fully saturated rings. The summed E-state index contributed by atoms with van der Waals surface area (Å²) in [4.78, 5) is 22.6. The first-order valence-corrected chi connectivity index (χ1v) is 6.59. The van der Waals surface area contributed by atoms with Gasteiger partial charge in [0.25, 0.3) is 5.91 Å². The van der Waals surface area contributed by atoms with Gasteiger partial charge in [0.2, 0.25) is 5.91 Å². The molecular formula is C16H15FN2O3. The largest absolute Gasteiger partial charge is 0.484 e. The lowest BCUT2D eigenvalue weighted by atomic mass is 10.3. The fraction of sp³-hybridized carbons (Fsp3) is 0.125. The molecule has 0 unspecified atom stereocenters. The Morgan fingerprint density at radius 3 is 2.41 bits per heavy atom. The zero-order valence-electron chi connectivity index (χ0n) is 11.9. The molecule has 0 aliphatic heterocycles. The summed E-state index contributed by atoms with van der Waals surface area (Å²) in [7, 11) is 0. The highest BCUT2D eigenvalue weighted by Crippen LogP contribution is 2.16. The van der Waals surface area contributed by atoms with Crippen LogP contribution in [0.3, 0.4) is 0 Å². The van der Waals surface area contributed by atoms with E-state index in [1.165, 1.54) is 25.1 Å². The maximum atomic E-state index is 13.0. The number of rotatable bonds is 5. The Kier molecular flexibility index (Phi) is 5.08. The lowest BCUT2D eigenvalue weighted by Crippen LogP contribution is -2.20. The van der Waals surface area contributed by atoms with Crippen LogP contribution in [0, 0.1) is 5.82 Å². The van der Waals surface area contributed by atoms with Crippen LogP contribution in [0.1, 0.15) is 6.92 Å². The van der Waals surface area contributed by atoms with Gasteiger partial charge in [-0.2, -0.15) is 0 Å². The van der Waals surface area contributed by atoms with Crippen molar-refractivity contribution in [1.82, 2.24) is 0 Å². The number of amides is 2. The fourth-order valence-corrected chi connectivity index (χ4v) is 1.75. The summed E-state index contributed by atoms with van der Waals surface area (Å²) in [5.74, 6) is -0.490. The Morgan fingerprint density at radius 1 is 1.05 bits per heavy atom. The molecule has 5 nitrogen and oxygen atoms in total. The van der Waals surface area contributed by atoms with Crippen LogP contribution in [0.4, 0.5) is 15.8 Å². The van der Waals surface area contributed by atoms with Crippen molar-refractivity contribution in [3.05, 3.63) is 54.3 Å². The van der Waals surface area contributed by atoms with Crippen LogP contribution in [0.25, 0.3) is 0 Å². The second kappa shape index (κ2) is 7.21. The summed E-state index contributed by atoms with van der Waals surface area (Å²) in [6.07, 6.45) is 0. The van der Waals surface area contributed by atoms with Crippen molar-refractivity contribution in [1.29, 1.82) is 0 Å². The summed E-state index contributed by atoms with van der Waals surface area (Å²) in [6.45, 7) is 1.22. The standard InChI is InChI=1S/C16H15FN2O3/c1-11(20)18-13-5-7-15(8-6-13)22-10-16(21)19-14-4-2-3-12(17)9-14/h2-9H,10H2,1H3,(H,18,20)(H,19,21). The predicted molar refractivity (Wildman–Crippen MR) is 81.3 cm³/mol. The summed E-state index contributed by atoms with van der Waals surface area (Å²) in [5.41, 5.74) is 1.01. The molecule has 2 aromatic carbocycles. The summed E-state index contributed by atoms with van der Waals surface area (Å²) in [5, 5.41) is 5.16. The molecular weight excluding hydrogens is 287 g/mol. The molecule has 0 aliphatic rings. The molecule has 0 bridgehead atoms. The maximum absolute atomic E-state index is 13.0. The van der Waals surface area contributed by atoms with Gasteiger partial charge in [-0.3, -0.25) is 9.59 Å². The topological polar surface area (TPSA) is 67.4 Å². The molecule has 0 aliphatic carbocycles. The van der Waals surface area contributed by atoms with Crippen LogP contribution in [0.2, 0.25) is 0 Å². The van der Waals surface area contributed by atoms with Crippen molar-refractivity contribution in [2.24, 2.45) is 0 Å². The molecule has 2 N–H and O–H groups in total. The van der Waals surface area contributed by atoms with Crippen LogP contribution in [0.15, 0.2) is 48.5 Å². The molecule has 0 spiro atoms. The van der Waals surface area contributed by atoms with Gasteiger partial charge in [-0.25, -0.2) is 4.39 Å².